The Hall–Kier alpha value is -1.14. The molecule has 0 aromatic heterocycles. The second kappa shape index (κ2) is 4.80. The molecule has 0 aromatic rings. The lowest BCUT2D eigenvalue weighted by molar-refractivity contribution is -0.159. The van der Waals surface area contributed by atoms with Crippen LogP contribution < -0.4 is 5.32 Å². The summed E-state index contributed by atoms with van der Waals surface area (Å²) in [6.07, 6.45) is -0.350. The number of ether oxygens (including phenoxy) is 1. The van der Waals surface area contributed by atoms with E-state index in [2.05, 4.69) is 5.32 Å². The fourth-order valence-corrected chi connectivity index (χ4v) is 1.89. The molecule has 2 N–H and O–H groups in total. The third-order valence-electron chi connectivity index (χ3n) is 3.02. The van der Waals surface area contributed by atoms with Gasteiger partial charge in [-0.05, 0) is 19.0 Å². The molecular formula is C10H16N2O4. The molecule has 1 atom stereocenters. The Balaban J connectivity index is 1.83. The van der Waals surface area contributed by atoms with E-state index >= 15 is 0 Å². The maximum absolute atomic E-state index is 11.8. The van der Waals surface area contributed by atoms with Crippen molar-refractivity contribution in [3.63, 3.8) is 0 Å². The summed E-state index contributed by atoms with van der Waals surface area (Å²) in [7, 11) is 0. The molecule has 2 aliphatic rings. The van der Waals surface area contributed by atoms with Gasteiger partial charge in [0, 0.05) is 13.0 Å². The Morgan fingerprint density at radius 2 is 2.19 bits per heavy atom. The molecule has 0 spiro atoms. The van der Waals surface area contributed by atoms with E-state index < -0.39 is 12.1 Å². The van der Waals surface area contributed by atoms with Crippen LogP contribution in [0.2, 0.25) is 0 Å². The number of carboxylic acid groups (broad SMARTS) is 1. The van der Waals surface area contributed by atoms with E-state index in [0.29, 0.717) is 25.5 Å². The molecule has 1 amide bonds. The summed E-state index contributed by atoms with van der Waals surface area (Å²) < 4.78 is 5.06. The van der Waals surface area contributed by atoms with E-state index in [1.54, 1.807) is 4.90 Å². The smallest absolute Gasteiger partial charge is 0.334 e. The highest BCUT2D eigenvalue weighted by Gasteiger charge is 2.30. The molecule has 2 rings (SSSR count). The van der Waals surface area contributed by atoms with Crippen molar-refractivity contribution in [2.75, 3.05) is 32.8 Å². The van der Waals surface area contributed by atoms with E-state index in [1.807, 2.05) is 0 Å². The van der Waals surface area contributed by atoms with Crippen LogP contribution >= 0.6 is 0 Å². The first-order valence-corrected chi connectivity index (χ1v) is 5.49. The summed E-state index contributed by atoms with van der Waals surface area (Å²) >= 11 is 0. The lowest BCUT2D eigenvalue weighted by atomic mass is 9.98. The number of carbonyl (C=O) groups is 2. The van der Waals surface area contributed by atoms with Gasteiger partial charge in [0.2, 0.25) is 5.91 Å². The monoisotopic (exact) mass is 228 g/mol. The Bertz CT molecular complexity index is 291. The number of nitrogens with zero attached hydrogens (tertiary/aromatic N) is 1. The SMILES string of the molecule is O=C(O)C1CN(C(=O)CC2CNC2)CCO1. The van der Waals surface area contributed by atoms with Gasteiger partial charge in [0.15, 0.2) is 6.10 Å². The largest absolute Gasteiger partial charge is 0.479 e. The van der Waals surface area contributed by atoms with Gasteiger partial charge in [-0.15, -0.1) is 0 Å². The second-order valence-electron chi connectivity index (χ2n) is 4.27. The molecule has 6 heteroatoms. The van der Waals surface area contributed by atoms with E-state index in [4.69, 9.17) is 9.84 Å². The summed E-state index contributed by atoms with van der Waals surface area (Å²) in [4.78, 5) is 24.2. The fraction of sp³-hybridized carbons (Fsp3) is 0.800. The maximum Gasteiger partial charge on any atom is 0.334 e. The lowest BCUT2D eigenvalue weighted by Gasteiger charge is -2.33. The van der Waals surface area contributed by atoms with Gasteiger partial charge < -0.3 is 20.1 Å². The highest BCUT2D eigenvalue weighted by atomic mass is 16.5. The van der Waals surface area contributed by atoms with Crippen molar-refractivity contribution < 1.29 is 19.4 Å². The van der Waals surface area contributed by atoms with E-state index in [0.717, 1.165) is 13.1 Å². The highest BCUT2D eigenvalue weighted by Crippen LogP contribution is 2.13. The molecule has 16 heavy (non-hydrogen) atoms. The molecule has 0 aromatic carbocycles. The highest BCUT2D eigenvalue weighted by molar-refractivity contribution is 5.79. The van der Waals surface area contributed by atoms with Crippen molar-refractivity contribution >= 4 is 11.9 Å². The molecule has 0 bridgehead atoms. The van der Waals surface area contributed by atoms with Crippen molar-refractivity contribution in [3.8, 4) is 0 Å². The average Bonchev–Trinajstić information content (AvgIpc) is 2.23. The zero-order chi connectivity index (χ0) is 11.5. The van der Waals surface area contributed by atoms with E-state index in [-0.39, 0.29) is 12.5 Å². The molecular weight excluding hydrogens is 212 g/mol. The van der Waals surface area contributed by atoms with Gasteiger partial charge in [-0.1, -0.05) is 0 Å². The summed E-state index contributed by atoms with van der Waals surface area (Å²) in [5.41, 5.74) is 0. The number of rotatable bonds is 3. The van der Waals surface area contributed by atoms with Crippen LogP contribution in [0.15, 0.2) is 0 Å². The number of hydrogen-bond acceptors (Lipinski definition) is 4. The molecule has 90 valence electrons. The first-order valence-electron chi connectivity index (χ1n) is 5.49. The number of amides is 1. The van der Waals surface area contributed by atoms with Gasteiger partial charge in [0.05, 0.1) is 13.2 Å². The minimum Gasteiger partial charge on any atom is -0.479 e. The molecule has 2 fully saturated rings. The van der Waals surface area contributed by atoms with Crippen molar-refractivity contribution in [2.45, 2.75) is 12.5 Å². The van der Waals surface area contributed by atoms with Crippen LogP contribution in [0.5, 0.6) is 0 Å². The van der Waals surface area contributed by atoms with Crippen LogP contribution in [0.1, 0.15) is 6.42 Å². The molecule has 6 nitrogen and oxygen atoms in total. The number of morpholine rings is 1. The van der Waals surface area contributed by atoms with Gasteiger partial charge >= 0.3 is 5.97 Å². The Morgan fingerprint density at radius 3 is 2.75 bits per heavy atom. The third kappa shape index (κ3) is 2.51. The van der Waals surface area contributed by atoms with Crippen molar-refractivity contribution in [2.24, 2.45) is 5.92 Å². The normalized spacial score (nSPS) is 26.2. The molecule has 0 saturated carbocycles. The molecule has 2 aliphatic heterocycles. The van der Waals surface area contributed by atoms with Crippen LogP contribution in [0.25, 0.3) is 0 Å². The summed E-state index contributed by atoms with van der Waals surface area (Å²) in [5.74, 6) is -0.539. The number of carboxylic acids is 1. The van der Waals surface area contributed by atoms with Crippen molar-refractivity contribution in [1.29, 1.82) is 0 Å². The zero-order valence-corrected chi connectivity index (χ0v) is 9.02. The van der Waals surface area contributed by atoms with Crippen LogP contribution in [-0.4, -0.2) is 60.8 Å². The quantitative estimate of drug-likeness (QED) is 0.641. The van der Waals surface area contributed by atoms with E-state index in [1.165, 1.54) is 0 Å². The topological polar surface area (TPSA) is 78.9 Å². The standard InChI is InChI=1S/C10H16N2O4/c13-9(3-7-4-11-5-7)12-1-2-16-8(6-12)10(14)15/h7-8,11H,1-6H2,(H,14,15). The minimum absolute atomic E-state index is 0.0426. The first kappa shape index (κ1) is 11.3. The third-order valence-corrected chi connectivity index (χ3v) is 3.02. The first-order chi connectivity index (χ1) is 7.66. The van der Waals surface area contributed by atoms with Crippen molar-refractivity contribution in [3.05, 3.63) is 0 Å². The van der Waals surface area contributed by atoms with Crippen LogP contribution in [0, 0.1) is 5.92 Å². The van der Waals surface area contributed by atoms with Gasteiger partial charge in [-0.3, -0.25) is 4.79 Å². The summed E-state index contributed by atoms with van der Waals surface area (Å²) in [6.45, 7) is 2.76. The number of nitrogens with one attached hydrogen (secondary N) is 1. The fourth-order valence-electron chi connectivity index (χ4n) is 1.89. The van der Waals surface area contributed by atoms with Gasteiger partial charge in [-0.2, -0.15) is 0 Å². The van der Waals surface area contributed by atoms with Crippen LogP contribution in [-0.2, 0) is 14.3 Å². The van der Waals surface area contributed by atoms with Gasteiger partial charge in [0.1, 0.15) is 0 Å². The molecule has 2 heterocycles. The average molecular weight is 228 g/mol. The van der Waals surface area contributed by atoms with Crippen LogP contribution in [0.4, 0.5) is 0 Å². The maximum atomic E-state index is 11.8. The van der Waals surface area contributed by atoms with Gasteiger partial charge in [0.25, 0.3) is 0 Å². The summed E-state index contributed by atoms with van der Waals surface area (Å²) in [6, 6.07) is 0. The Labute approximate surface area is 93.6 Å². The molecule has 2 saturated heterocycles. The second-order valence-corrected chi connectivity index (χ2v) is 4.27. The van der Waals surface area contributed by atoms with Crippen LogP contribution in [0.3, 0.4) is 0 Å². The van der Waals surface area contributed by atoms with Gasteiger partial charge in [-0.25, -0.2) is 4.79 Å². The predicted molar refractivity (Wildman–Crippen MR) is 54.9 cm³/mol. The predicted octanol–water partition coefficient (Wildman–Crippen LogP) is -1.09. The molecule has 0 radical (unpaired) electrons. The Kier molecular flexibility index (Phi) is 3.40. The van der Waals surface area contributed by atoms with E-state index in [9.17, 15) is 9.59 Å². The lowest BCUT2D eigenvalue weighted by Crippen LogP contribution is -2.51. The molecule has 0 aliphatic carbocycles. The number of aliphatic carboxylic acids is 1. The molecule has 1 unspecified atom stereocenters. The summed E-state index contributed by atoms with van der Waals surface area (Å²) in [5, 5.41) is 11.9. The number of hydrogen-bond donors (Lipinski definition) is 2. The Morgan fingerprint density at radius 1 is 1.44 bits per heavy atom. The number of carbonyl (C=O) groups excluding carboxylic acids is 1. The zero-order valence-electron chi connectivity index (χ0n) is 9.02. The van der Waals surface area contributed by atoms with Crippen molar-refractivity contribution in [1.82, 2.24) is 10.2 Å². The minimum atomic E-state index is -0.997.